The third-order valence-electron chi connectivity index (χ3n) is 4.37. The summed E-state index contributed by atoms with van der Waals surface area (Å²) >= 11 is 3.47. The van der Waals surface area contributed by atoms with Gasteiger partial charge in [-0.15, -0.1) is 0 Å². The molecule has 0 amide bonds. The molecule has 3 heteroatoms. The maximum absolute atomic E-state index is 13.3. The van der Waals surface area contributed by atoms with Gasteiger partial charge in [-0.25, -0.2) is 4.39 Å². The van der Waals surface area contributed by atoms with Gasteiger partial charge in [-0.05, 0) is 66.7 Å². The second kappa shape index (κ2) is 4.06. The number of aliphatic hydroxyl groups is 1. The predicted molar refractivity (Wildman–Crippen MR) is 68.2 cm³/mol. The highest BCUT2D eigenvalue weighted by molar-refractivity contribution is 9.10. The first kappa shape index (κ1) is 11.7. The Kier molecular flexibility index (Phi) is 2.79. The van der Waals surface area contributed by atoms with Crippen molar-refractivity contribution in [1.29, 1.82) is 0 Å². The number of halogens is 2. The van der Waals surface area contributed by atoms with E-state index in [1.165, 1.54) is 12.5 Å². The zero-order valence-electron chi connectivity index (χ0n) is 9.63. The van der Waals surface area contributed by atoms with Gasteiger partial charge in [0, 0.05) is 11.1 Å². The minimum atomic E-state index is -0.195. The molecule has 0 aromatic heterocycles. The maximum atomic E-state index is 13.3. The smallest absolute Gasteiger partial charge is 0.123 e. The summed E-state index contributed by atoms with van der Waals surface area (Å²) < 4.78 is 14.2. The van der Waals surface area contributed by atoms with Crippen LogP contribution in [0.4, 0.5) is 4.39 Å². The number of aliphatic hydroxyl groups excluding tert-OH is 1. The molecule has 1 aromatic rings. The lowest BCUT2D eigenvalue weighted by molar-refractivity contribution is 0.117. The molecule has 2 unspecified atom stereocenters. The summed E-state index contributed by atoms with van der Waals surface area (Å²) in [4.78, 5) is 0. The van der Waals surface area contributed by atoms with Crippen LogP contribution < -0.4 is 0 Å². The van der Waals surface area contributed by atoms with Gasteiger partial charge in [-0.2, -0.15) is 0 Å². The zero-order valence-corrected chi connectivity index (χ0v) is 11.2. The van der Waals surface area contributed by atoms with Crippen molar-refractivity contribution in [3.05, 3.63) is 34.1 Å². The highest BCUT2D eigenvalue weighted by Gasteiger charge is 2.53. The maximum Gasteiger partial charge on any atom is 0.123 e. The summed E-state index contributed by atoms with van der Waals surface area (Å²) in [6, 6.07) is 4.81. The molecule has 2 aliphatic rings. The summed E-state index contributed by atoms with van der Waals surface area (Å²) in [6.07, 6.45) is 4.34. The standard InChI is InChI=1S/C14H16BrFO/c15-13-2-1-12(16)4-11(13)7-14(8-17)5-9-3-10(9)6-14/h1-2,4,9-10,17H,3,5-8H2. The Morgan fingerprint density at radius 1 is 1.35 bits per heavy atom. The molecule has 2 atom stereocenters. The van der Waals surface area contributed by atoms with Crippen LogP contribution >= 0.6 is 15.9 Å². The molecule has 0 radical (unpaired) electrons. The van der Waals surface area contributed by atoms with Crippen LogP contribution in [-0.2, 0) is 6.42 Å². The molecule has 2 fully saturated rings. The van der Waals surface area contributed by atoms with Crippen LogP contribution in [0.3, 0.4) is 0 Å². The molecule has 1 N–H and O–H groups in total. The van der Waals surface area contributed by atoms with E-state index in [-0.39, 0.29) is 17.8 Å². The van der Waals surface area contributed by atoms with Crippen LogP contribution in [0.15, 0.2) is 22.7 Å². The Balaban J connectivity index is 1.83. The Morgan fingerprint density at radius 3 is 2.71 bits per heavy atom. The number of hydrogen-bond acceptors (Lipinski definition) is 1. The van der Waals surface area contributed by atoms with E-state index in [0.29, 0.717) is 0 Å². The van der Waals surface area contributed by atoms with E-state index in [4.69, 9.17) is 0 Å². The van der Waals surface area contributed by atoms with Crippen molar-refractivity contribution in [2.45, 2.75) is 25.7 Å². The van der Waals surface area contributed by atoms with Crippen molar-refractivity contribution >= 4 is 15.9 Å². The molecular formula is C14H16BrFO. The Hall–Kier alpha value is -0.410. The van der Waals surface area contributed by atoms with E-state index < -0.39 is 0 Å². The molecule has 92 valence electrons. The minimum absolute atomic E-state index is 0.00387. The molecule has 1 aromatic carbocycles. The average molecular weight is 299 g/mol. The van der Waals surface area contributed by atoms with E-state index >= 15 is 0 Å². The first-order chi connectivity index (χ1) is 8.12. The van der Waals surface area contributed by atoms with E-state index in [1.807, 2.05) is 0 Å². The van der Waals surface area contributed by atoms with Gasteiger partial charge in [0.2, 0.25) is 0 Å². The summed E-state index contributed by atoms with van der Waals surface area (Å²) in [6.45, 7) is 0.225. The highest BCUT2D eigenvalue weighted by atomic mass is 79.9. The van der Waals surface area contributed by atoms with Gasteiger partial charge in [0.15, 0.2) is 0 Å². The molecule has 0 spiro atoms. The van der Waals surface area contributed by atoms with E-state index in [0.717, 1.165) is 41.1 Å². The Bertz CT molecular complexity index is 436. The molecule has 2 aliphatic carbocycles. The highest BCUT2D eigenvalue weighted by Crippen LogP contribution is 2.60. The SMILES string of the molecule is OCC1(Cc2cc(F)ccc2Br)CC2CC2C1. The molecule has 1 nitrogen and oxygen atoms in total. The zero-order chi connectivity index (χ0) is 12.0. The number of benzene rings is 1. The number of fused-ring (bicyclic) bond motifs is 1. The molecule has 0 heterocycles. The lowest BCUT2D eigenvalue weighted by Crippen LogP contribution is -2.26. The van der Waals surface area contributed by atoms with Crippen LogP contribution in [0.2, 0.25) is 0 Å². The third-order valence-corrected chi connectivity index (χ3v) is 5.14. The molecular weight excluding hydrogens is 283 g/mol. The van der Waals surface area contributed by atoms with E-state index in [2.05, 4.69) is 15.9 Å². The molecule has 17 heavy (non-hydrogen) atoms. The lowest BCUT2D eigenvalue weighted by Gasteiger charge is -2.29. The van der Waals surface area contributed by atoms with Crippen molar-refractivity contribution < 1.29 is 9.50 Å². The van der Waals surface area contributed by atoms with E-state index in [9.17, 15) is 9.50 Å². The first-order valence-corrected chi connectivity index (χ1v) is 6.96. The monoisotopic (exact) mass is 298 g/mol. The van der Waals surface area contributed by atoms with E-state index in [1.54, 1.807) is 12.1 Å². The summed E-state index contributed by atoms with van der Waals surface area (Å²) in [5.74, 6) is 1.46. The van der Waals surface area contributed by atoms with Gasteiger partial charge in [-0.3, -0.25) is 0 Å². The quantitative estimate of drug-likeness (QED) is 0.905. The topological polar surface area (TPSA) is 20.2 Å². The minimum Gasteiger partial charge on any atom is -0.396 e. The van der Waals surface area contributed by atoms with Gasteiger partial charge in [-0.1, -0.05) is 15.9 Å². The largest absolute Gasteiger partial charge is 0.396 e. The van der Waals surface area contributed by atoms with Crippen LogP contribution in [0.25, 0.3) is 0 Å². The predicted octanol–water partition coefficient (Wildman–Crippen LogP) is 3.54. The summed E-state index contributed by atoms with van der Waals surface area (Å²) in [5, 5.41) is 9.67. The number of hydrogen-bond donors (Lipinski definition) is 1. The summed E-state index contributed by atoms with van der Waals surface area (Å²) in [5.41, 5.74) is 0.990. The first-order valence-electron chi connectivity index (χ1n) is 6.17. The van der Waals surface area contributed by atoms with Gasteiger partial charge < -0.3 is 5.11 Å². The molecule has 3 rings (SSSR count). The average Bonchev–Trinajstić information content (AvgIpc) is 2.92. The van der Waals surface area contributed by atoms with Crippen molar-refractivity contribution in [2.75, 3.05) is 6.61 Å². The fourth-order valence-electron chi connectivity index (χ4n) is 3.42. The lowest BCUT2D eigenvalue weighted by atomic mass is 9.78. The second-order valence-corrected chi connectivity index (χ2v) is 6.59. The fourth-order valence-corrected chi connectivity index (χ4v) is 3.80. The Labute approximate surface area is 109 Å². The van der Waals surface area contributed by atoms with Crippen LogP contribution in [-0.4, -0.2) is 11.7 Å². The van der Waals surface area contributed by atoms with Crippen LogP contribution in [0, 0.1) is 23.1 Å². The van der Waals surface area contributed by atoms with Gasteiger partial charge in [0.05, 0.1) is 0 Å². The molecule has 2 saturated carbocycles. The summed E-state index contributed by atoms with van der Waals surface area (Å²) in [7, 11) is 0. The fraction of sp³-hybridized carbons (Fsp3) is 0.571. The number of rotatable bonds is 3. The van der Waals surface area contributed by atoms with Crippen LogP contribution in [0.1, 0.15) is 24.8 Å². The molecule has 0 bridgehead atoms. The Morgan fingerprint density at radius 2 is 2.06 bits per heavy atom. The van der Waals surface area contributed by atoms with Crippen molar-refractivity contribution in [3.8, 4) is 0 Å². The van der Waals surface area contributed by atoms with Crippen molar-refractivity contribution in [2.24, 2.45) is 17.3 Å². The second-order valence-electron chi connectivity index (χ2n) is 5.73. The van der Waals surface area contributed by atoms with Crippen molar-refractivity contribution in [3.63, 3.8) is 0 Å². The molecule has 0 saturated heterocycles. The van der Waals surface area contributed by atoms with Gasteiger partial charge in [0.25, 0.3) is 0 Å². The third kappa shape index (κ3) is 2.15. The molecule has 0 aliphatic heterocycles. The van der Waals surface area contributed by atoms with Gasteiger partial charge in [0.1, 0.15) is 5.82 Å². The van der Waals surface area contributed by atoms with Crippen molar-refractivity contribution in [1.82, 2.24) is 0 Å². The van der Waals surface area contributed by atoms with Gasteiger partial charge >= 0.3 is 0 Å². The van der Waals surface area contributed by atoms with Crippen LogP contribution in [0.5, 0.6) is 0 Å². The normalized spacial score (nSPS) is 34.8.